The Morgan fingerprint density at radius 3 is 2.10 bits per heavy atom. The van der Waals surface area contributed by atoms with Gasteiger partial charge in [0.1, 0.15) is 0 Å². The van der Waals surface area contributed by atoms with Crippen LogP contribution in [-0.2, 0) is 23.4 Å². The molecule has 112 valence electrons. The van der Waals surface area contributed by atoms with Crippen molar-refractivity contribution in [1.29, 1.82) is 0 Å². The van der Waals surface area contributed by atoms with Crippen LogP contribution in [0.15, 0.2) is 53.0 Å². The molecule has 3 heteroatoms. The second-order valence-corrected chi connectivity index (χ2v) is 6.65. The number of hydrogen-bond donors (Lipinski definition) is 1. The molecule has 0 radical (unpaired) electrons. The molecule has 0 saturated heterocycles. The van der Waals surface area contributed by atoms with Crippen molar-refractivity contribution >= 4 is 15.9 Å². The van der Waals surface area contributed by atoms with Gasteiger partial charge in [-0.25, -0.2) is 0 Å². The Morgan fingerprint density at radius 2 is 1.52 bits per heavy atom. The predicted octanol–water partition coefficient (Wildman–Crippen LogP) is 4.62. The fourth-order valence-corrected chi connectivity index (χ4v) is 2.48. The average molecular weight is 348 g/mol. The van der Waals surface area contributed by atoms with E-state index in [9.17, 15) is 0 Å². The molecule has 0 fully saturated rings. The van der Waals surface area contributed by atoms with Gasteiger partial charge < -0.3 is 10.1 Å². The molecule has 1 N–H and O–H groups in total. The molecule has 0 atom stereocenters. The highest BCUT2D eigenvalue weighted by atomic mass is 79.9. The summed E-state index contributed by atoms with van der Waals surface area (Å²) < 4.78 is 6.24. The number of benzene rings is 2. The fraction of sp³-hybridized carbons (Fsp3) is 0.333. The van der Waals surface area contributed by atoms with Crippen molar-refractivity contribution in [3.8, 4) is 0 Å². The molecular formula is C18H22BrNO. The molecule has 21 heavy (non-hydrogen) atoms. The minimum Gasteiger partial charge on any atom is -0.380 e. The zero-order chi connectivity index (χ0) is 15.3. The van der Waals surface area contributed by atoms with Crippen molar-refractivity contribution in [2.24, 2.45) is 0 Å². The number of hydrogen-bond acceptors (Lipinski definition) is 2. The molecule has 0 bridgehead atoms. The number of nitrogens with one attached hydrogen (secondary N) is 1. The lowest BCUT2D eigenvalue weighted by Crippen LogP contribution is -2.35. The van der Waals surface area contributed by atoms with Gasteiger partial charge in [-0.1, -0.05) is 52.3 Å². The number of halogens is 1. The van der Waals surface area contributed by atoms with Crippen LogP contribution in [0.1, 0.15) is 30.5 Å². The first-order valence-corrected chi connectivity index (χ1v) is 7.88. The van der Waals surface area contributed by atoms with E-state index in [0.717, 1.165) is 11.0 Å². The maximum absolute atomic E-state index is 5.13. The maximum atomic E-state index is 5.13. The normalized spacial score (nSPS) is 11.6. The fourth-order valence-electron chi connectivity index (χ4n) is 2.21. The van der Waals surface area contributed by atoms with Gasteiger partial charge in [0.2, 0.25) is 0 Å². The highest BCUT2D eigenvalue weighted by Crippen LogP contribution is 2.22. The lowest BCUT2D eigenvalue weighted by Gasteiger charge is -2.27. The lowest BCUT2D eigenvalue weighted by molar-refractivity contribution is 0.185. The van der Waals surface area contributed by atoms with E-state index >= 15 is 0 Å². The monoisotopic (exact) mass is 347 g/mol. The van der Waals surface area contributed by atoms with Gasteiger partial charge in [0.05, 0.1) is 6.61 Å². The summed E-state index contributed by atoms with van der Waals surface area (Å²) in [7, 11) is 1.72. The molecule has 0 unspecified atom stereocenters. The van der Waals surface area contributed by atoms with E-state index in [1.54, 1.807) is 7.11 Å². The van der Waals surface area contributed by atoms with Crippen molar-refractivity contribution < 1.29 is 4.74 Å². The summed E-state index contributed by atoms with van der Waals surface area (Å²) in [6, 6.07) is 17.0. The Hall–Kier alpha value is -1.16. The third-order valence-electron chi connectivity index (χ3n) is 3.63. The Morgan fingerprint density at radius 1 is 0.952 bits per heavy atom. The summed E-state index contributed by atoms with van der Waals surface area (Å²) in [6.07, 6.45) is 0. The Bertz CT molecular complexity index is 561. The van der Waals surface area contributed by atoms with Crippen molar-refractivity contribution in [1.82, 2.24) is 5.32 Å². The standard InChI is InChI=1S/C18H22BrNO/c1-18(2,16-8-10-17(19)11-9-16)20-12-14-4-6-15(7-5-14)13-21-3/h4-11,20H,12-13H2,1-3H3. The molecule has 0 spiro atoms. The van der Waals surface area contributed by atoms with Crippen LogP contribution in [0.3, 0.4) is 0 Å². The number of methoxy groups -OCH3 is 1. The van der Waals surface area contributed by atoms with Gasteiger partial charge in [0, 0.05) is 23.7 Å². The van der Waals surface area contributed by atoms with Gasteiger partial charge in [-0.3, -0.25) is 0 Å². The van der Waals surface area contributed by atoms with E-state index in [-0.39, 0.29) is 5.54 Å². The quantitative estimate of drug-likeness (QED) is 0.822. The van der Waals surface area contributed by atoms with E-state index in [0.29, 0.717) is 6.61 Å². The SMILES string of the molecule is COCc1ccc(CNC(C)(C)c2ccc(Br)cc2)cc1. The minimum atomic E-state index is -0.0636. The molecule has 2 rings (SSSR count). The van der Waals surface area contributed by atoms with Crippen LogP contribution in [0, 0.1) is 0 Å². The van der Waals surface area contributed by atoms with E-state index < -0.39 is 0 Å². The van der Waals surface area contributed by atoms with E-state index in [1.807, 2.05) is 0 Å². The van der Waals surface area contributed by atoms with Crippen molar-refractivity contribution in [3.63, 3.8) is 0 Å². The molecule has 0 aliphatic rings. The third kappa shape index (κ3) is 4.67. The summed E-state index contributed by atoms with van der Waals surface area (Å²) in [5.74, 6) is 0. The minimum absolute atomic E-state index is 0.0636. The molecule has 2 aromatic carbocycles. The largest absolute Gasteiger partial charge is 0.380 e. The van der Waals surface area contributed by atoms with E-state index in [2.05, 4.69) is 83.6 Å². The lowest BCUT2D eigenvalue weighted by atomic mass is 9.94. The van der Waals surface area contributed by atoms with Crippen LogP contribution in [-0.4, -0.2) is 7.11 Å². The summed E-state index contributed by atoms with van der Waals surface area (Å²) in [6.45, 7) is 5.92. The van der Waals surface area contributed by atoms with E-state index in [4.69, 9.17) is 4.74 Å². The second-order valence-electron chi connectivity index (χ2n) is 5.73. The van der Waals surface area contributed by atoms with Gasteiger partial charge in [-0.15, -0.1) is 0 Å². The third-order valence-corrected chi connectivity index (χ3v) is 4.16. The van der Waals surface area contributed by atoms with Crippen LogP contribution in [0.2, 0.25) is 0 Å². The smallest absolute Gasteiger partial charge is 0.0713 e. The van der Waals surface area contributed by atoms with Crippen LogP contribution in [0.5, 0.6) is 0 Å². The molecular weight excluding hydrogens is 326 g/mol. The summed E-state index contributed by atoms with van der Waals surface area (Å²) in [4.78, 5) is 0. The zero-order valence-electron chi connectivity index (χ0n) is 12.8. The van der Waals surface area contributed by atoms with Crippen LogP contribution in [0.25, 0.3) is 0 Å². The molecule has 0 heterocycles. The number of ether oxygens (including phenoxy) is 1. The first kappa shape index (κ1) is 16.2. The zero-order valence-corrected chi connectivity index (χ0v) is 14.4. The van der Waals surface area contributed by atoms with Gasteiger partial charge in [-0.05, 0) is 42.7 Å². The Balaban J connectivity index is 1.99. The van der Waals surface area contributed by atoms with Gasteiger partial charge in [0.25, 0.3) is 0 Å². The molecule has 2 nitrogen and oxygen atoms in total. The first-order chi connectivity index (χ1) is 10.0. The molecule has 2 aromatic rings. The average Bonchev–Trinajstić information content (AvgIpc) is 2.47. The van der Waals surface area contributed by atoms with Crippen molar-refractivity contribution in [2.75, 3.05) is 7.11 Å². The second kappa shape index (κ2) is 7.21. The molecule has 0 saturated carbocycles. The van der Waals surface area contributed by atoms with Crippen molar-refractivity contribution in [2.45, 2.75) is 32.5 Å². The van der Waals surface area contributed by atoms with Gasteiger partial charge in [-0.2, -0.15) is 0 Å². The van der Waals surface area contributed by atoms with Crippen molar-refractivity contribution in [3.05, 3.63) is 69.7 Å². The highest BCUT2D eigenvalue weighted by Gasteiger charge is 2.19. The van der Waals surface area contributed by atoms with Crippen LogP contribution >= 0.6 is 15.9 Å². The molecule has 0 aliphatic heterocycles. The van der Waals surface area contributed by atoms with E-state index in [1.165, 1.54) is 16.7 Å². The topological polar surface area (TPSA) is 21.3 Å². The molecule has 0 aliphatic carbocycles. The molecule has 0 aromatic heterocycles. The molecule has 0 amide bonds. The Kier molecular flexibility index (Phi) is 5.57. The predicted molar refractivity (Wildman–Crippen MR) is 91.2 cm³/mol. The van der Waals surface area contributed by atoms with Gasteiger partial charge >= 0.3 is 0 Å². The Labute approximate surface area is 135 Å². The summed E-state index contributed by atoms with van der Waals surface area (Å²) in [5, 5.41) is 3.62. The summed E-state index contributed by atoms with van der Waals surface area (Å²) in [5.41, 5.74) is 3.70. The highest BCUT2D eigenvalue weighted by molar-refractivity contribution is 9.10. The van der Waals surface area contributed by atoms with Gasteiger partial charge in [0.15, 0.2) is 0 Å². The summed E-state index contributed by atoms with van der Waals surface area (Å²) >= 11 is 3.48. The van der Waals surface area contributed by atoms with Crippen LogP contribution in [0.4, 0.5) is 0 Å². The maximum Gasteiger partial charge on any atom is 0.0713 e. The number of rotatable bonds is 6. The van der Waals surface area contributed by atoms with Crippen LogP contribution < -0.4 is 5.32 Å². The first-order valence-electron chi connectivity index (χ1n) is 7.09.